The van der Waals surface area contributed by atoms with Crippen molar-refractivity contribution in [1.82, 2.24) is 0 Å². The van der Waals surface area contributed by atoms with Crippen LogP contribution in [0.3, 0.4) is 0 Å². The Morgan fingerprint density at radius 2 is 1.42 bits per heavy atom. The minimum absolute atomic E-state index is 0.513. The van der Waals surface area contributed by atoms with E-state index in [1.54, 1.807) is 0 Å². The van der Waals surface area contributed by atoms with E-state index in [9.17, 15) is 46.0 Å². The van der Waals surface area contributed by atoms with Crippen LogP contribution >= 0.6 is 0 Å². The van der Waals surface area contributed by atoms with Crippen molar-refractivity contribution in [2.45, 2.75) is 24.4 Å². The van der Waals surface area contributed by atoms with Gasteiger partial charge in [0.1, 0.15) is 0 Å². The fourth-order valence-electron chi connectivity index (χ4n) is 1.57. The molecule has 0 fully saturated rings. The zero-order chi connectivity index (χ0) is 18.9. The van der Waals surface area contributed by atoms with E-state index in [1.165, 1.54) is 0 Å². The number of carbonyl (C=O) groups is 2. The van der Waals surface area contributed by atoms with Crippen LogP contribution in [0.1, 0.15) is 16.8 Å². The fraction of sp³-hybridized carbons (Fsp3) is 0.333. The zero-order valence-electron chi connectivity index (χ0n) is 11.3. The van der Waals surface area contributed by atoms with Crippen molar-refractivity contribution in [3.05, 3.63) is 39.9 Å². The molecular weight excluding hydrogens is 352 g/mol. The minimum atomic E-state index is -6.24. The van der Waals surface area contributed by atoms with Gasteiger partial charge >= 0.3 is 12.4 Å². The van der Waals surface area contributed by atoms with Gasteiger partial charge < -0.3 is 5.11 Å². The van der Waals surface area contributed by atoms with Crippen LogP contribution < -0.4 is 0 Å². The van der Waals surface area contributed by atoms with E-state index < -0.39 is 52.1 Å². The highest BCUT2D eigenvalue weighted by Gasteiger charge is 2.71. The van der Waals surface area contributed by atoms with Gasteiger partial charge in [0.15, 0.2) is 0 Å². The average Bonchev–Trinajstić information content (AvgIpc) is 2.44. The molecule has 0 atom stereocenters. The van der Waals surface area contributed by atoms with Gasteiger partial charge in [0.2, 0.25) is 11.6 Å². The summed E-state index contributed by atoms with van der Waals surface area (Å²) in [6.45, 7) is 0. The van der Waals surface area contributed by atoms with Gasteiger partial charge in [-0.1, -0.05) is 0 Å². The van der Waals surface area contributed by atoms with Crippen molar-refractivity contribution in [3.63, 3.8) is 0 Å². The molecule has 1 rings (SSSR count). The second kappa shape index (κ2) is 6.19. The number of aliphatic hydroxyl groups is 1. The van der Waals surface area contributed by atoms with Crippen molar-refractivity contribution in [2.75, 3.05) is 0 Å². The number of alkyl halides is 6. The third-order valence-electron chi connectivity index (χ3n) is 2.95. The van der Waals surface area contributed by atoms with Crippen molar-refractivity contribution in [3.8, 4) is 0 Å². The summed E-state index contributed by atoms with van der Waals surface area (Å²) in [6.07, 6.45) is -15.0. The summed E-state index contributed by atoms with van der Waals surface area (Å²) in [5, 5.41) is 19.3. The van der Waals surface area contributed by atoms with Crippen molar-refractivity contribution < 1.29 is 46.0 Å². The molecule has 0 heterocycles. The van der Waals surface area contributed by atoms with Crippen LogP contribution in [0.4, 0.5) is 32.0 Å². The largest absolute Gasteiger partial charge is 0.426 e. The standard InChI is InChI=1S/C12H7F6NO5/c13-11(14,15)10(22,12(16,17)18)5-8(20)9(21)6-1-3-7(4-2-6)19(23)24/h1-4,22H,5H2. The third kappa shape index (κ3) is 3.69. The first-order chi connectivity index (χ1) is 10.7. The molecule has 0 aliphatic rings. The van der Waals surface area contributed by atoms with Gasteiger partial charge in [0, 0.05) is 17.7 Å². The Labute approximate surface area is 128 Å². The van der Waals surface area contributed by atoms with E-state index in [0.29, 0.717) is 12.1 Å². The summed E-state index contributed by atoms with van der Waals surface area (Å²) in [5.74, 6) is -3.90. The first-order valence-corrected chi connectivity index (χ1v) is 5.88. The average molecular weight is 359 g/mol. The molecule has 0 unspecified atom stereocenters. The summed E-state index contributed by atoms with van der Waals surface area (Å²) in [6, 6.07) is 2.86. The Hall–Kier alpha value is -2.50. The SMILES string of the molecule is O=C(CC(O)(C(F)(F)F)C(F)(F)F)C(=O)c1ccc([N+](=O)[O-])cc1. The molecule has 12 heteroatoms. The fourth-order valence-corrected chi connectivity index (χ4v) is 1.57. The number of nitrogens with zero attached hydrogens (tertiary/aromatic N) is 1. The van der Waals surface area contributed by atoms with Crippen LogP contribution in [-0.2, 0) is 4.79 Å². The molecule has 0 saturated heterocycles. The molecule has 0 aliphatic carbocycles. The molecule has 1 N–H and O–H groups in total. The molecule has 1 aromatic carbocycles. The molecule has 0 saturated carbocycles. The van der Waals surface area contributed by atoms with E-state index in [4.69, 9.17) is 5.11 Å². The molecule has 132 valence electrons. The smallest absolute Gasteiger partial charge is 0.373 e. The van der Waals surface area contributed by atoms with Gasteiger partial charge in [0.25, 0.3) is 11.3 Å². The van der Waals surface area contributed by atoms with Crippen molar-refractivity contribution >= 4 is 17.3 Å². The predicted octanol–water partition coefficient (Wildman–Crippen LogP) is 2.59. The van der Waals surface area contributed by atoms with Gasteiger partial charge in [-0.25, -0.2) is 0 Å². The highest BCUT2D eigenvalue weighted by Crippen LogP contribution is 2.45. The van der Waals surface area contributed by atoms with Gasteiger partial charge in [-0.05, 0) is 12.1 Å². The molecule has 24 heavy (non-hydrogen) atoms. The third-order valence-corrected chi connectivity index (χ3v) is 2.95. The molecule has 0 aromatic heterocycles. The lowest BCUT2D eigenvalue weighted by Gasteiger charge is -2.31. The lowest BCUT2D eigenvalue weighted by Crippen LogP contribution is -2.58. The first kappa shape index (κ1) is 19.5. The number of halogens is 6. The van der Waals surface area contributed by atoms with Crippen molar-refractivity contribution in [2.24, 2.45) is 0 Å². The van der Waals surface area contributed by atoms with Crippen LogP contribution in [0.25, 0.3) is 0 Å². The monoisotopic (exact) mass is 359 g/mol. The quantitative estimate of drug-likeness (QED) is 0.287. The number of carbonyl (C=O) groups excluding carboxylic acids is 2. The number of ketones is 2. The minimum Gasteiger partial charge on any atom is -0.373 e. The Morgan fingerprint density at radius 3 is 1.75 bits per heavy atom. The van der Waals surface area contributed by atoms with Crippen molar-refractivity contribution in [1.29, 1.82) is 0 Å². The van der Waals surface area contributed by atoms with Crippen LogP contribution in [0, 0.1) is 10.1 Å². The summed E-state index contributed by atoms with van der Waals surface area (Å²) < 4.78 is 74.8. The molecule has 1 aromatic rings. The maximum Gasteiger partial charge on any atom is 0.426 e. The molecule has 0 spiro atoms. The molecule has 0 radical (unpaired) electrons. The van der Waals surface area contributed by atoms with E-state index in [-0.39, 0.29) is 0 Å². The number of Topliss-reactive ketones (excluding diaryl/α,β-unsaturated/α-hetero) is 2. The maximum atomic E-state index is 12.5. The zero-order valence-corrected chi connectivity index (χ0v) is 11.3. The second-order valence-electron chi connectivity index (χ2n) is 4.59. The predicted molar refractivity (Wildman–Crippen MR) is 64.1 cm³/mol. The van der Waals surface area contributed by atoms with E-state index in [0.717, 1.165) is 12.1 Å². The van der Waals surface area contributed by atoms with E-state index >= 15 is 0 Å². The summed E-state index contributed by atoms with van der Waals surface area (Å²) >= 11 is 0. The van der Waals surface area contributed by atoms with Gasteiger partial charge in [0.05, 0.1) is 11.3 Å². The number of hydrogen-bond acceptors (Lipinski definition) is 5. The highest BCUT2D eigenvalue weighted by molar-refractivity contribution is 6.43. The summed E-state index contributed by atoms with van der Waals surface area (Å²) in [5.41, 5.74) is -6.55. The maximum absolute atomic E-state index is 12.5. The van der Waals surface area contributed by atoms with Crippen LogP contribution in [-0.4, -0.2) is 39.5 Å². The molecule has 6 nitrogen and oxygen atoms in total. The van der Waals surface area contributed by atoms with E-state index in [1.807, 2.05) is 0 Å². The highest BCUT2D eigenvalue weighted by atomic mass is 19.4. The molecule has 0 bridgehead atoms. The van der Waals surface area contributed by atoms with Crippen LogP contribution in [0.5, 0.6) is 0 Å². The van der Waals surface area contributed by atoms with Gasteiger partial charge in [-0.2, -0.15) is 26.3 Å². The number of nitro groups is 1. The second-order valence-corrected chi connectivity index (χ2v) is 4.59. The first-order valence-electron chi connectivity index (χ1n) is 5.88. The number of benzene rings is 1. The summed E-state index contributed by atoms with van der Waals surface area (Å²) in [7, 11) is 0. The number of hydrogen-bond donors (Lipinski definition) is 1. The summed E-state index contributed by atoms with van der Waals surface area (Å²) in [4.78, 5) is 32.5. The lowest BCUT2D eigenvalue weighted by atomic mass is 9.92. The van der Waals surface area contributed by atoms with Crippen LogP contribution in [0.2, 0.25) is 0 Å². The Balaban J connectivity index is 3.08. The van der Waals surface area contributed by atoms with Gasteiger partial charge in [-0.15, -0.1) is 0 Å². The molecule has 0 amide bonds. The lowest BCUT2D eigenvalue weighted by molar-refractivity contribution is -0.384. The number of rotatable bonds is 5. The number of nitro benzene ring substituents is 1. The van der Waals surface area contributed by atoms with Crippen LogP contribution in [0.15, 0.2) is 24.3 Å². The van der Waals surface area contributed by atoms with E-state index in [2.05, 4.69) is 0 Å². The van der Waals surface area contributed by atoms with Gasteiger partial charge in [-0.3, -0.25) is 19.7 Å². The topological polar surface area (TPSA) is 97.5 Å². The Bertz CT molecular complexity index is 650. The molecular formula is C12H7F6NO5. The Kier molecular flexibility index (Phi) is 5.04. The molecule has 0 aliphatic heterocycles. The normalized spacial score (nSPS) is 12.8. The Morgan fingerprint density at radius 1 is 1.00 bits per heavy atom. The number of non-ortho nitro benzene ring substituents is 1.